The third-order valence-corrected chi connectivity index (χ3v) is 3.31. The van der Waals surface area contributed by atoms with E-state index in [0.717, 1.165) is 12.0 Å². The molecule has 0 aliphatic heterocycles. The molecule has 6 nitrogen and oxygen atoms in total. The van der Waals surface area contributed by atoms with E-state index in [2.05, 4.69) is 39.2 Å². The minimum Gasteiger partial charge on any atom is -0.369 e. The average molecular weight is 269 g/mol. The van der Waals surface area contributed by atoms with E-state index in [4.69, 9.17) is 5.73 Å². The molecular formula is C14H15N5O. The quantitative estimate of drug-likeness (QED) is 0.749. The van der Waals surface area contributed by atoms with Crippen LogP contribution in [-0.2, 0) is 13.0 Å². The number of fused-ring (bicyclic) bond motifs is 1. The molecule has 2 heterocycles. The molecule has 20 heavy (non-hydrogen) atoms. The van der Waals surface area contributed by atoms with E-state index in [1.807, 2.05) is 6.92 Å². The van der Waals surface area contributed by atoms with Crippen molar-refractivity contribution in [3.8, 4) is 0 Å². The summed E-state index contributed by atoms with van der Waals surface area (Å²) in [6, 6.07) is 8.21. The molecule has 0 fully saturated rings. The predicted octanol–water partition coefficient (Wildman–Crippen LogP) is 1.25. The van der Waals surface area contributed by atoms with Crippen molar-refractivity contribution in [1.82, 2.24) is 19.5 Å². The Balaban J connectivity index is 1.90. The highest BCUT2D eigenvalue weighted by molar-refractivity contribution is 5.69. The van der Waals surface area contributed by atoms with Crippen LogP contribution in [0.5, 0.6) is 0 Å². The molecule has 3 rings (SSSR count). The van der Waals surface area contributed by atoms with E-state index in [0.29, 0.717) is 17.7 Å². The monoisotopic (exact) mass is 269 g/mol. The summed E-state index contributed by atoms with van der Waals surface area (Å²) in [4.78, 5) is 23.2. The highest BCUT2D eigenvalue weighted by Gasteiger charge is 2.10. The maximum atomic E-state index is 12.2. The van der Waals surface area contributed by atoms with Crippen LogP contribution >= 0.6 is 0 Å². The summed E-state index contributed by atoms with van der Waals surface area (Å²) in [5.41, 5.74) is 8.75. The summed E-state index contributed by atoms with van der Waals surface area (Å²) in [6.45, 7) is 2.53. The van der Waals surface area contributed by atoms with Crippen LogP contribution in [0.2, 0.25) is 0 Å². The van der Waals surface area contributed by atoms with Crippen molar-refractivity contribution in [2.45, 2.75) is 19.9 Å². The summed E-state index contributed by atoms with van der Waals surface area (Å²) >= 11 is 0. The molecule has 0 radical (unpaired) electrons. The summed E-state index contributed by atoms with van der Waals surface area (Å²) in [5, 5.41) is 0. The number of H-pyrrole nitrogens is 1. The number of nitrogen functional groups attached to an aromatic ring is 1. The van der Waals surface area contributed by atoms with Crippen LogP contribution in [-0.4, -0.2) is 19.5 Å². The van der Waals surface area contributed by atoms with Gasteiger partial charge in [0.1, 0.15) is 0 Å². The number of benzene rings is 1. The lowest BCUT2D eigenvalue weighted by Crippen LogP contribution is -2.25. The minimum atomic E-state index is -0.208. The van der Waals surface area contributed by atoms with Gasteiger partial charge < -0.3 is 10.7 Å². The smallest absolute Gasteiger partial charge is 0.283 e. The zero-order valence-electron chi connectivity index (χ0n) is 11.1. The van der Waals surface area contributed by atoms with Gasteiger partial charge in [-0.3, -0.25) is 9.36 Å². The molecule has 0 bridgehead atoms. The maximum absolute atomic E-state index is 12.2. The number of aromatic nitrogens is 4. The van der Waals surface area contributed by atoms with E-state index in [-0.39, 0.29) is 11.5 Å². The first-order valence-electron chi connectivity index (χ1n) is 6.40. The van der Waals surface area contributed by atoms with E-state index in [1.165, 1.54) is 16.5 Å². The third-order valence-electron chi connectivity index (χ3n) is 3.31. The molecule has 0 unspecified atom stereocenters. The Morgan fingerprint density at radius 1 is 1.30 bits per heavy atom. The Bertz CT molecular complexity index is 801. The number of nitrogens with one attached hydrogen (secondary N) is 1. The Morgan fingerprint density at radius 2 is 2.05 bits per heavy atom. The van der Waals surface area contributed by atoms with Gasteiger partial charge in [-0.05, 0) is 18.9 Å². The van der Waals surface area contributed by atoms with Crippen molar-refractivity contribution < 1.29 is 0 Å². The number of nitrogens with two attached hydrogens (primary N) is 1. The van der Waals surface area contributed by atoms with Gasteiger partial charge in [-0.25, -0.2) is 4.98 Å². The van der Waals surface area contributed by atoms with E-state index in [1.54, 1.807) is 0 Å². The predicted molar refractivity (Wildman–Crippen MR) is 77.4 cm³/mol. The fourth-order valence-electron chi connectivity index (χ4n) is 2.15. The van der Waals surface area contributed by atoms with Crippen molar-refractivity contribution in [2.24, 2.45) is 0 Å². The first-order chi connectivity index (χ1) is 9.65. The van der Waals surface area contributed by atoms with Gasteiger partial charge in [0.25, 0.3) is 5.56 Å². The molecule has 0 saturated carbocycles. The molecule has 0 atom stereocenters. The summed E-state index contributed by atoms with van der Waals surface area (Å²) in [6.07, 6.45) is 2.17. The van der Waals surface area contributed by atoms with Gasteiger partial charge >= 0.3 is 0 Å². The zero-order chi connectivity index (χ0) is 14.1. The highest BCUT2D eigenvalue weighted by atomic mass is 16.1. The molecule has 0 spiro atoms. The van der Waals surface area contributed by atoms with Gasteiger partial charge in [0.15, 0.2) is 11.2 Å². The second-order valence-electron chi connectivity index (χ2n) is 4.76. The van der Waals surface area contributed by atoms with Crippen LogP contribution in [0, 0.1) is 6.92 Å². The molecule has 0 aliphatic carbocycles. The van der Waals surface area contributed by atoms with Gasteiger partial charge in [-0.2, -0.15) is 4.98 Å². The molecule has 6 heteroatoms. The summed E-state index contributed by atoms with van der Waals surface area (Å²) < 4.78 is 1.46. The number of nitrogens with zero attached hydrogens (tertiary/aromatic N) is 3. The molecule has 0 amide bonds. The lowest BCUT2D eigenvalue weighted by Gasteiger charge is -2.08. The number of imidazole rings is 1. The molecule has 0 saturated heterocycles. The molecule has 1 aromatic carbocycles. The van der Waals surface area contributed by atoms with Crippen LogP contribution in [0.1, 0.15) is 11.1 Å². The van der Waals surface area contributed by atoms with Crippen LogP contribution < -0.4 is 11.3 Å². The number of rotatable bonds is 3. The SMILES string of the molecule is Cc1ccc(CCn2c(N)nc3[nH]cnc3c2=O)cc1. The van der Waals surface area contributed by atoms with Crippen molar-refractivity contribution in [3.05, 3.63) is 52.1 Å². The molecule has 3 N–H and O–H groups in total. The fourth-order valence-corrected chi connectivity index (χ4v) is 2.15. The summed E-state index contributed by atoms with van der Waals surface area (Å²) in [7, 11) is 0. The van der Waals surface area contributed by atoms with Crippen molar-refractivity contribution in [2.75, 3.05) is 5.73 Å². The van der Waals surface area contributed by atoms with Crippen LogP contribution in [0.15, 0.2) is 35.4 Å². The number of hydrogen-bond acceptors (Lipinski definition) is 4. The first-order valence-corrected chi connectivity index (χ1v) is 6.40. The van der Waals surface area contributed by atoms with Gasteiger partial charge in [0.05, 0.1) is 6.33 Å². The molecule has 102 valence electrons. The largest absolute Gasteiger partial charge is 0.369 e. The Kier molecular flexibility index (Phi) is 2.98. The Hall–Kier alpha value is -2.63. The lowest BCUT2D eigenvalue weighted by molar-refractivity contribution is 0.673. The van der Waals surface area contributed by atoms with E-state index in [9.17, 15) is 4.79 Å². The summed E-state index contributed by atoms with van der Waals surface area (Å²) in [5.74, 6) is 0.207. The molecule has 2 aromatic heterocycles. The van der Waals surface area contributed by atoms with Crippen LogP contribution in [0.4, 0.5) is 5.95 Å². The van der Waals surface area contributed by atoms with Gasteiger partial charge in [-0.15, -0.1) is 0 Å². The van der Waals surface area contributed by atoms with Crippen molar-refractivity contribution in [1.29, 1.82) is 0 Å². The third kappa shape index (κ3) is 2.16. The van der Waals surface area contributed by atoms with Crippen molar-refractivity contribution in [3.63, 3.8) is 0 Å². The molecular weight excluding hydrogens is 254 g/mol. The van der Waals surface area contributed by atoms with Gasteiger partial charge in [-0.1, -0.05) is 29.8 Å². The normalized spacial score (nSPS) is 11.1. The second kappa shape index (κ2) is 4.80. The zero-order valence-corrected chi connectivity index (χ0v) is 11.1. The van der Waals surface area contributed by atoms with Crippen molar-refractivity contribution >= 4 is 17.1 Å². The lowest BCUT2D eigenvalue weighted by atomic mass is 10.1. The number of anilines is 1. The van der Waals surface area contributed by atoms with Gasteiger partial charge in [0, 0.05) is 6.54 Å². The topological polar surface area (TPSA) is 89.6 Å². The molecule has 3 aromatic rings. The van der Waals surface area contributed by atoms with Gasteiger partial charge in [0.2, 0.25) is 5.95 Å². The Labute approximate surface area is 115 Å². The standard InChI is InChI=1S/C14H15N5O/c1-9-2-4-10(5-3-9)6-7-19-13(20)11-12(17-8-16-11)18-14(19)15/h2-5,8H,6-7H2,1H3,(H2,15,18)(H,16,17). The highest BCUT2D eigenvalue weighted by Crippen LogP contribution is 2.08. The van der Waals surface area contributed by atoms with Crippen LogP contribution in [0.25, 0.3) is 11.2 Å². The fraction of sp³-hybridized carbons (Fsp3) is 0.214. The average Bonchev–Trinajstić information content (AvgIpc) is 2.89. The van der Waals surface area contributed by atoms with Crippen LogP contribution in [0.3, 0.4) is 0 Å². The number of aromatic amines is 1. The number of aryl methyl sites for hydroxylation is 2. The second-order valence-corrected chi connectivity index (χ2v) is 4.76. The minimum absolute atomic E-state index is 0.207. The van der Waals surface area contributed by atoms with E-state index >= 15 is 0 Å². The first kappa shape index (κ1) is 12.4. The van der Waals surface area contributed by atoms with E-state index < -0.39 is 0 Å². The maximum Gasteiger partial charge on any atom is 0.283 e. The Morgan fingerprint density at radius 3 is 2.80 bits per heavy atom. The number of hydrogen-bond donors (Lipinski definition) is 2. The molecule has 0 aliphatic rings.